The van der Waals surface area contributed by atoms with Gasteiger partial charge in [0.25, 0.3) is 0 Å². The standard InChI is InChI=1S/C12H12BrNO2/c1-2-3-6-12-7-8(13)4-5-9(12)10(15)14-11(12)16/h2-5,7,9H,6H2,1H3,(H,14,15,16). The first-order valence-corrected chi connectivity index (χ1v) is 5.92. The average molecular weight is 282 g/mol. The van der Waals surface area contributed by atoms with Gasteiger partial charge in [0.1, 0.15) is 0 Å². The minimum atomic E-state index is -0.739. The van der Waals surface area contributed by atoms with E-state index in [1.54, 1.807) is 6.08 Å². The van der Waals surface area contributed by atoms with Crippen LogP contribution >= 0.6 is 15.9 Å². The highest BCUT2D eigenvalue weighted by molar-refractivity contribution is 9.11. The van der Waals surface area contributed by atoms with E-state index in [9.17, 15) is 9.59 Å². The minimum Gasteiger partial charge on any atom is -0.295 e. The highest BCUT2D eigenvalue weighted by Crippen LogP contribution is 2.44. The first-order chi connectivity index (χ1) is 7.60. The molecule has 0 aromatic heterocycles. The van der Waals surface area contributed by atoms with Crippen LogP contribution in [0, 0.1) is 11.3 Å². The Morgan fingerprint density at radius 1 is 1.56 bits per heavy atom. The molecule has 2 aliphatic rings. The fourth-order valence-corrected chi connectivity index (χ4v) is 2.73. The number of hydrogen-bond acceptors (Lipinski definition) is 2. The number of nitrogens with one attached hydrogen (secondary N) is 1. The number of amides is 2. The van der Waals surface area contributed by atoms with Gasteiger partial charge in [0.2, 0.25) is 11.8 Å². The zero-order valence-corrected chi connectivity index (χ0v) is 10.5. The van der Waals surface area contributed by atoms with Crippen molar-refractivity contribution >= 4 is 27.7 Å². The normalized spacial score (nSPS) is 32.9. The monoisotopic (exact) mass is 281 g/mol. The van der Waals surface area contributed by atoms with Gasteiger partial charge in [-0.15, -0.1) is 0 Å². The second-order valence-corrected chi connectivity index (χ2v) is 4.91. The third-order valence-electron chi connectivity index (χ3n) is 3.03. The lowest BCUT2D eigenvalue weighted by atomic mass is 9.72. The average Bonchev–Trinajstić information content (AvgIpc) is 2.48. The molecule has 0 saturated carbocycles. The Balaban J connectivity index is 2.45. The Kier molecular flexibility index (Phi) is 2.84. The van der Waals surface area contributed by atoms with Crippen LogP contribution in [-0.4, -0.2) is 11.8 Å². The van der Waals surface area contributed by atoms with Crippen molar-refractivity contribution < 1.29 is 9.59 Å². The molecule has 2 unspecified atom stereocenters. The van der Waals surface area contributed by atoms with Crippen molar-refractivity contribution in [1.82, 2.24) is 5.32 Å². The SMILES string of the molecule is CC=CCC12C=C(Br)C=CC1C(=O)NC2=O. The van der Waals surface area contributed by atoms with E-state index < -0.39 is 5.41 Å². The number of carbonyl (C=O) groups is 2. The number of rotatable bonds is 2. The van der Waals surface area contributed by atoms with E-state index in [1.807, 2.05) is 31.2 Å². The number of carbonyl (C=O) groups excluding carboxylic acids is 2. The molecule has 2 atom stereocenters. The summed E-state index contributed by atoms with van der Waals surface area (Å²) >= 11 is 3.36. The highest BCUT2D eigenvalue weighted by atomic mass is 79.9. The summed E-state index contributed by atoms with van der Waals surface area (Å²) in [5.41, 5.74) is -0.739. The molecule has 2 rings (SSSR count). The zero-order valence-electron chi connectivity index (χ0n) is 8.87. The fourth-order valence-electron chi connectivity index (χ4n) is 2.17. The Morgan fingerprint density at radius 3 is 3.00 bits per heavy atom. The molecule has 0 aromatic rings. The van der Waals surface area contributed by atoms with Crippen LogP contribution in [0.4, 0.5) is 0 Å². The molecule has 0 aromatic carbocycles. The maximum Gasteiger partial charge on any atom is 0.238 e. The molecule has 0 radical (unpaired) electrons. The molecule has 0 spiro atoms. The molecule has 1 saturated heterocycles. The molecule has 16 heavy (non-hydrogen) atoms. The summed E-state index contributed by atoms with van der Waals surface area (Å²) in [6.07, 6.45) is 9.79. The first kappa shape index (κ1) is 11.3. The van der Waals surface area contributed by atoms with Crippen LogP contribution in [0.1, 0.15) is 13.3 Å². The first-order valence-electron chi connectivity index (χ1n) is 5.13. The van der Waals surface area contributed by atoms with Gasteiger partial charge in [0.05, 0.1) is 11.3 Å². The summed E-state index contributed by atoms with van der Waals surface area (Å²) in [6, 6.07) is 0. The summed E-state index contributed by atoms with van der Waals surface area (Å²) in [6.45, 7) is 1.90. The van der Waals surface area contributed by atoms with Crippen molar-refractivity contribution in [3.63, 3.8) is 0 Å². The summed E-state index contributed by atoms with van der Waals surface area (Å²) in [5.74, 6) is -0.790. The molecule has 1 heterocycles. The maximum atomic E-state index is 11.9. The van der Waals surface area contributed by atoms with Gasteiger partial charge < -0.3 is 0 Å². The Labute approximate surface area is 102 Å². The van der Waals surface area contributed by atoms with E-state index in [1.165, 1.54) is 0 Å². The van der Waals surface area contributed by atoms with E-state index in [-0.39, 0.29) is 17.7 Å². The third kappa shape index (κ3) is 1.57. The van der Waals surface area contributed by atoms with Crippen LogP contribution in [0.25, 0.3) is 0 Å². The quantitative estimate of drug-likeness (QED) is 0.622. The van der Waals surface area contributed by atoms with E-state index in [0.717, 1.165) is 4.48 Å². The number of allylic oxidation sites excluding steroid dienone is 4. The topological polar surface area (TPSA) is 46.2 Å². The largest absolute Gasteiger partial charge is 0.295 e. The molecule has 1 N–H and O–H groups in total. The van der Waals surface area contributed by atoms with Gasteiger partial charge in [-0.1, -0.05) is 46.3 Å². The van der Waals surface area contributed by atoms with Crippen LogP contribution in [0.3, 0.4) is 0 Å². The van der Waals surface area contributed by atoms with Gasteiger partial charge in [-0.25, -0.2) is 0 Å². The second kappa shape index (κ2) is 4.01. The van der Waals surface area contributed by atoms with Crippen LogP contribution in [-0.2, 0) is 9.59 Å². The lowest BCUT2D eigenvalue weighted by molar-refractivity contribution is -0.127. The third-order valence-corrected chi connectivity index (χ3v) is 3.52. The predicted molar refractivity (Wildman–Crippen MR) is 64.7 cm³/mol. The minimum absolute atomic E-state index is 0.206. The molecule has 0 bridgehead atoms. The lowest BCUT2D eigenvalue weighted by Gasteiger charge is -2.27. The predicted octanol–water partition coefficient (Wildman–Crippen LogP) is 2.06. The van der Waals surface area contributed by atoms with Crippen molar-refractivity contribution in [3.05, 3.63) is 34.9 Å². The zero-order chi connectivity index (χ0) is 11.8. The van der Waals surface area contributed by atoms with Crippen LogP contribution in [0.5, 0.6) is 0 Å². The van der Waals surface area contributed by atoms with Crippen molar-refractivity contribution in [2.24, 2.45) is 11.3 Å². The molecule has 1 aliphatic carbocycles. The summed E-state index contributed by atoms with van der Waals surface area (Å²) in [5, 5.41) is 2.40. The number of imide groups is 1. The molecule has 84 valence electrons. The van der Waals surface area contributed by atoms with Gasteiger partial charge in [-0.2, -0.15) is 0 Å². The van der Waals surface area contributed by atoms with Gasteiger partial charge >= 0.3 is 0 Å². The second-order valence-electron chi connectivity index (χ2n) is 4.00. The van der Waals surface area contributed by atoms with Crippen molar-refractivity contribution in [2.45, 2.75) is 13.3 Å². The Bertz CT molecular complexity index is 436. The molecule has 1 aliphatic heterocycles. The summed E-state index contributed by atoms with van der Waals surface area (Å²) in [7, 11) is 0. The van der Waals surface area contributed by atoms with Crippen molar-refractivity contribution in [1.29, 1.82) is 0 Å². The maximum absolute atomic E-state index is 11.9. The van der Waals surface area contributed by atoms with E-state index in [0.29, 0.717) is 6.42 Å². The van der Waals surface area contributed by atoms with Crippen LogP contribution in [0.2, 0.25) is 0 Å². The van der Waals surface area contributed by atoms with Gasteiger partial charge in [-0.3, -0.25) is 14.9 Å². The van der Waals surface area contributed by atoms with Crippen LogP contribution in [0.15, 0.2) is 34.9 Å². The van der Waals surface area contributed by atoms with Gasteiger partial charge in [0, 0.05) is 4.48 Å². The fraction of sp³-hybridized carbons (Fsp3) is 0.333. The lowest BCUT2D eigenvalue weighted by Crippen LogP contribution is -2.33. The Hall–Kier alpha value is -1.16. The number of fused-ring (bicyclic) bond motifs is 1. The molecule has 2 amide bonds. The molecule has 3 nitrogen and oxygen atoms in total. The van der Waals surface area contributed by atoms with Crippen molar-refractivity contribution in [2.75, 3.05) is 0 Å². The molecule has 1 fully saturated rings. The van der Waals surface area contributed by atoms with Gasteiger partial charge in [0.15, 0.2) is 0 Å². The number of halogens is 1. The summed E-state index contributed by atoms with van der Waals surface area (Å²) < 4.78 is 0.845. The molecular weight excluding hydrogens is 270 g/mol. The Morgan fingerprint density at radius 2 is 2.31 bits per heavy atom. The van der Waals surface area contributed by atoms with Gasteiger partial charge in [-0.05, 0) is 13.3 Å². The summed E-state index contributed by atoms with van der Waals surface area (Å²) in [4.78, 5) is 23.6. The molecular formula is C12H12BrNO2. The van der Waals surface area contributed by atoms with Crippen LogP contribution < -0.4 is 5.32 Å². The van der Waals surface area contributed by atoms with E-state index in [4.69, 9.17) is 0 Å². The smallest absolute Gasteiger partial charge is 0.238 e. The van der Waals surface area contributed by atoms with E-state index >= 15 is 0 Å². The highest BCUT2D eigenvalue weighted by Gasteiger charge is 2.52. The number of hydrogen-bond donors (Lipinski definition) is 1. The van der Waals surface area contributed by atoms with E-state index in [2.05, 4.69) is 21.2 Å². The van der Waals surface area contributed by atoms with Crippen molar-refractivity contribution in [3.8, 4) is 0 Å². The molecule has 4 heteroatoms.